The highest BCUT2D eigenvalue weighted by Crippen LogP contribution is 2.35. The van der Waals surface area contributed by atoms with Gasteiger partial charge < -0.3 is 5.32 Å². The highest BCUT2D eigenvalue weighted by molar-refractivity contribution is 7.24. The zero-order chi connectivity index (χ0) is 19.8. The Labute approximate surface area is 171 Å². The molecular formula is C17H12ClFN6OS2. The van der Waals surface area contributed by atoms with Crippen molar-refractivity contribution in [2.24, 2.45) is 0 Å². The molecule has 0 aliphatic heterocycles. The van der Waals surface area contributed by atoms with Gasteiger partial charge in [0.15, 0.2) is 5.82 Å². The number of halogens is 2. The van der Waals surface area contributed by atoms with Crippen LogP contribution >= 0.6 is 34.3 Å². The molecule has 1 aromatic carbocycles. The number of carbonyl (C=O) groups excluding carboxylic acids is 1. The van der Waals surface area contributed by atoms with Crippen LogP contribution in [0.3, 0.4) is 0 Å². The van der Waals surface area contributed by atoms with Crippen LogP contribution in [0.2, 0.25) is 4.34 Å². The molecule has 0 aliphatic rings. The Kier molecular flexibility index (Phi) is 4.92. The van der Waals surface area contributed by atoms with E-state index in [-0.39, 0.29) is 5.69 Å². The molecule has 0 aliphatic carbocycles. The summed E-state index contributed by atoms with van der Waals surface area (Å²) >= 11 is 8.59. The summed E-state index contributed by atoms with van der Waals surface area (Å²) in [5, 5.41) is 14.5. The van der Waals surface area contributed by atoms with Crippen molar-refractivity contribution in [2.45, 2.75) is 13.8 Å². The number of amides is 1. The molecule has 11 heteroatoms. The molecular weight excluding hydrogens is 423 g/mol. The van der Waals surface area contributed by atoms with Gasteiger partial charge in [-0.2, -0.15) is 4.68 Å². The number of aromatic nitrogens is 5. The molecule has 1 amide bonds. The van der Waals surface area contributed by atoms with Gasteiger partial charge in [-0.25, -0.2) is 9.37 Å². The van der Waals surface area contributed by atoms with E-state index in [0.29, 0.717) is 31.4 Å². The maximum absolute atomic E-state index is 14.3. The highest BCUT2D eigenvalue weighted by atomic mass is 35.5. The van der Waals surface area contributed by atoms with E-state index in [0.717, 1.165) is 4.88 Å². The third kappa shape index (κ3) is 3.53. The Morgan fingerprint density at radius 3 is 2.71 bits per heavy atom. The van der Waals surface area contributed by atoms with E-state index in [1.54, 1.807) is 19.9 Å². The van der Waals surface area contributed by atoms with Gasteiger partial charge in [-0.3, -0.25) is 4.79 Å². The summed E-state index contributed by atoms with van der Waals surface area (Å²) in [6, 6.07) is 7.90. The van der Waals surface area contributed by atoms with Crippen molar-refractivity contribution >= 4 is 45.9 Å². The predicted molar refractivity (Wildman–Crippen MR) is 107 cm³/mol. The van der Waals surface area contributed by atoms with Crippen LogP contribution < -0.4 is 5.32 Å². The molecule has 4 rings (SSSR count). The van der Waals surface area contributed by atoms with Crippen LogP contribution in [-0.4, -0.2) is 31.1 Å². The van der Waals surface area contributed by atoms with Gasteiger partial charge in [0.1, 0.15) is 15.7 Å². The molecule has 142 valence electrons. The smallest absolute Gasteiger partial charge is 0.267 e. The van der Waals surface area contributed by atoms with Crippen molar-refractivity contribution < 1.29 is 9.18 Å². The standard InChI is InChI=1S/C17H12ClFN6OS2/c1-8-15(28-17(20-8)13-5-6-14(18)27-13)16(26)21-12-7-10(3-4-11(12)19)25-9(2)22-23-24-25/h3-7H,1-2H3,(H,21,26). The van der Waals surface area contributed by atoms with Crippen molar-refractivity contribution in [3.63, 3.8) is 0 Å². The van der Waals surface area contributed by atoms with Crippen LogP contribution in [0.5, 0.6) is 0 Å². The monoisotopic (exact) mass is 434 g/mol. The third-order valence-electron chi connectivity index (χ3n) is 3.85. The van der Waals surface area contributed by atoms with E-state index in [1.807, 2.05) is 6.07 Å². The number of aryl methyl sites for hydroxylation is 2. The fraction of sp³-hybridized carbons (Fsp3) is 0.118. The number of anilines is 1. The molecule has 0 bridgehead atoms. The van der Waals surface area contributed by atoms with Gasteiger partial charge in [-0.1, -0.05) is 11.6 Å². The summed E-state index contributed by atoms with van der Waals surface area (Å²) in [5.74, 6) is -0.454. The third-order valence-corrected chi connectivity index (χ3v) is 6.41. The van der Waals surface area contributed by atoms with Crippen molar-refractivity contribution in [1.29, 1.82) is 0 Å². The van der Waals surface area contributed by atoms with Gasteiger partial charge in [0.05, 0.1) is 26.3 Å². The van der Waals surface area contributed by atoms with Gasteiger partial charge in [0, 0.05) is 0 Å². The highest BCUT2D eigenvalue weighted by Gasteiger charge is 2.19. The first-order valence-electron chi connectivity index (χ1n) is 8.02. The minimum Gasteiger partial charge on any atom is -0.319 e. The first-order valence-corrected chi connectivity index (χ1v) is 10.0. The van der Waals surface area contributed by atoms with Crippen LogP contribution in [0, 0.1) is 19.7 Å². The maximum Gasteiger partial charge on any atom is 0.267 e. The van der Waals surface area contributed by atoms with E-state index in [2.05, 4.69) is 25.8 Å². The minimum atomic E-state index is -0.560. The first kappa shape index (κ1) is 18.7. The number of hydrogen-bond donors (Lipinski definition) is 1. The van der Waals surface area contributed by atoms with Crippen molar-refractivity contribution in [3.05, 3.63) is 56.9 Å². The molecule has 0 spiro atoms. The van der Waals surface area contributed by atoms with Crippen LogP contribution in [-0.2, 0) is 0 Å². The van der Waals surface area contributed by atoms with Gasteiger partial charge >= 0.3 is 0 Å². The number of nitrogens with zero attached hydrogens (tertiary/aromatic N) is 5. The van der Waals surface area contributed by atoms with E-state index in [9.17, 15) is 9.18 Å². The van der Waals surface area contributed by atoms with Crippen molar-refractivity contribution in [2.75, 3.05) is 5.32 Å². The molecule has 7 nitrogen and oxygen atoms in total. The van der Waals surface area contributed by atoms with E-state index in [1.165, 1.54) is 45.6 Å². The number of thiophene rings is 1. The summed E-state index contributed by atoms with van der Waals surface area (Å²) in [6.07, 6.45) is 0. The molecule has 0 saturated carbocycles. The van der Waals surface area contributed by atoms with Crippen LogP contribution in [0.15, 0.2) is 30.3 Å². The lowest BCUT2D eigenvalue weighted by Gasteiger charge is -2.08. The van der Waals surface area contributed by atoms with E-state index >= 15 is 0 Å². The lowest BCUT2D eigenvalue weighted by atomic mass is 10.2. The van der Waals surface area contributed by atoms with E-state index in [4.69, 9.17) is 11.6 Å². The molecule has 0 radical (unpaired) electrons. The Morgan fingerprint density at radius 1 is 1.21 bits per heavy atom. The van der Waals surface area contributed by atoms with Crippen molar-refractivity contribution in [1.82, 2.24) is 25.2 Å². The van der Waals surface area contributed by atoms with Crippen LogP contribution in [0.25, 0.3) is 15.6 Å². The summed E-state index contributed by atoms with van der Waals surface area (Å²) in [6.45, 7) is 3.46. The first-order chi connectivity index (χ1) is 13.4. The normalized spacial score (nSPS) is 11.0. The Hall–Kier alpha value is -2.69. The quantitative estimate of drug-likeness (QED) is 0.510. The largest absolute Gasteiger partial charge is 0.319 e. The second kappa shape index (κ2) is 7.38. The zero-order valence-corrected chi connectivity index (χ0v) is 17.0. The second-order valence-corrected chi connectivity index (χ2v) is 8.51. The molecule has 3 aromatic heterocycles. The average molecular weight is 435 g/mol. The lowest BCUT2D eigenvalue weighted by Crippen LogP contribution is -2.13. The number of nitrogens with one attached hydrogen (secondary N) is 1. The second-order valence-electron chi connectivity index (χ2n) is 5.79. The van der Waals surface area contributed by atoms with Gasteiger partial charge in [-0.15, -0.1) is 27.8 Å². The fourth-order valence-corrected chi connectivity index (χ4v) is 4.59. The zero-order valence-electron chi connectivity index (χ0n) is 14.6. The van der Waals surface area contributed by atoms with Crippen LogP contribution in [0.4, 0.5) is 10.1 Å². The fourth-order valence-electron chi connectivity index (χ4n) is 2.53. The summed E-state index contributed by atoms with van der Waals surface area (Å²) in [7, 11) is 0. The average Bonchev–Trinajstić information content (AvgIpc) is 3.37. The molecule has 1 N–H and O–H groups in total. The Morgan fingerprint density at radius 2 is 2.04 bits per heavy atom. The SMILES string of the molecule is Cc1nc(-c2ccc(Cl)s2)sc1C(=O)Nc1cc(-n2nnnc2C)ccc1F. The lowest BCUT2D eigenvalue weighted by molar-refractivity contribution is 0.102. The molecule has 0 fully saturated rings. The summed E-state index contributed by atoms with van der Waals surface area (Å²) in [4.78, 5) is 18.4. The van der Waals surface area contributed by atoms with E-state index < -0.39 is 11.7 Å². The van der Waals surface area contributed by atoms with Gasteiger partial charge in [0.2, 0.25) is 0 Å². The molecule has 0 unspecified atom stereocenters. The number of thiazole rings is 1. The number of hydrogen-bond acceptors (Lipinski definition) is 7. The summed E-state index contributed by atoms with van der Waals surface area (Å²) in [5.41, 5.74) is 1.13. The molecule has 4 aromatic rings. The molecule has 3 heterocycles. The maximum atomic E-state index is 14.3. The van der Waals surface area contributed by atoms with Crippen LogP contribution in [0.1, 0.15) is 21.2 Å². The number of carbonyl (C=O) groups is 1. The predicted octanol–water partition coefficient (Wildman–Crippen LogP) is 4.51. The topological polar surface area (TPSA) is 85.6 Å². The molecule has 28 heavy (non-hydrogen) atoms. The minimum absolute atomic E-state index is 0.0333. The number of benzene rings is 1. The Balaban J connectivity index is 1.62. The molecule has 0 atom stereocenters. The number of rotatable bonds is 4. The molecule has 0 saturated heterocycles. The Bertz CT molecular complexity index is 1180. The van der Waals surface area contributed by atoms with Crippen molar-refractivity contribution in [3.8, 4) is 15.6 Å². The van der Waals surface area contributed by atoms with Gasteiger partial charge in [0.25, 0.3) is 5.91 Å². The van der Waals surface area contributed by atoms with Gasteiger partial charge in [-0.05, 0) is 54.6 Å². The summed E-state index contributed by atoms with van der Waals surface area (Å²) < 4.78 is 16.4. The number of tetrazole rings is 1.